The second-order valence-corrected chi connectivity index (χ2v) is 7.07. The zero-order valence-electron chi connectivity index (χ0n) is 15.3. The van der Waals surface area contributed by atoms with Crippen molar-refractivity contribution < 1.29 is 4.74 Å². The summed E-state index contributed by atoms with van der Waals surface area (Å²) in [7, 11) is 0. The number of nitrogens with zero attached hydrogens (tertiary/aromatic N) is 2. The molecule has 140 valence electrons. The van der Waals surface area contributed by atoms with Crippen LogP contribution in [0.3, 0.4) is 0 Å². The van der Waals surface area contributed by atoms with E-state index in [1.54, 1.807) is 0 Å². The number of hydrogen-bond acceptors (Lipinski definition) is 2. The molecule has 1 saturated heterocycles. The molecule has 0 aromatic heterocycles. The summed E-state index contributed by atoms with van der Waals surface area (Å²) in [6.45, 7) is 7.76. The van der Waals surface area contributed by atoms with Crippen LogP contribution in [0.4, 0.5) is 0 Å². The topological polar surface area (TPSA) is 36.9 Å². The third-order valence-corrected chi connectivity index (χ3v) is 4.88. The van der Waals surface area contributed by atoms with Gasteiger partial charge in [-0.1, -0.05) is 43.2 Å². The van der Waals surface area contributed by atoms with Crippen molar-refractivity contribution >= 4 is 29.9 Å². The number of benzene rings is 1. The lowest BCUT2D eigenvalue weighted by Crippen LogP contribution is -2.40. The van der Waals surface area contributed by atoms with Crippen LogP contribution in [0.1, 0.15) is 38.2 Å². The first-order valence-corrected chi connectivity index (χ1v) is 9.50. The van der Waals surface area contributed by atoms with E-state index in [1.165, 1.54) is 31.2 Å². The summed E-state index contributed by atoms with van der Waals surface area (Å²) >= 11 is 0. The maximum atomic E-state index is 5.93. The van der Waals surface area contributed by atoms with Crippen molar-refractivity contribution in [2.24, 2.45) is 16.8 Å². The molecule has 1 aromatic carbocycles. The zero-order valence-corrected chi connectivity index (χ0v) is 17.7. The Morgan fingerprint density at radius 2 is 2.00 bits per heavy atom. The Hall–Kier alpha value is -0.820. The Balaban J connectivity index is 0.00000225. The number of guanidine groups is 1. The standard InChI is InChI=1S/C20H31N3O.HI/c1-2-21-20(22-12-10-17-8-9-17)23-13-11-19(14-23)16-24-15-18-6-4-3-5-7-18;/h3-7,17,19H,2,8-16H2,1H3,(H,21,22);1H. The van der Waals surface area contributed by atoms with Gasteiger partial charge in [0.1, 0.15) is 0 Å². The summed E-state index contributed by atoms with van der Waals surface area (Å²) in [5, 5.41) is 3.46. The van der Waals surface area contributed by atoms with Gasteiger partial charge in [-0.3, -0.25) is 4.99 Å². The number of halogens is 1. The third kappa shape index (κ3) is 7.13. The van der Waals surface area contributed by atoms with E-state index in [1.807, 2.05) is 6.07 Å². The van der Waals surface area contributed by atoms with Gasteiger partial charge < -0.3 is 15.0 Å². The van der Waals surface area contributed by atoms with Crippen LogP contribution in [0, 0.1) is 11.8 Å². The molecule has 2 fully saturated rings. The average Bonchev–Trinajstić information content (AvgIpc) is 3.31. The van der Waals surface area contributed by atoms with Crippen molar-refractivity contribution in [3.8, 4) is 0 Å². The summed E-state index contributed by atoms with van der Waals surface area (Å²) in [6.07, 6.45) is 5.28. The maximum Gasteiger partial charge on any atom is 0.193 e. The SMILES string of the molecule is CCNC(=NCCC1CC1)N1CCC(COCc2ccccc2)C1.I. The van der Waals surface area contributed by atoms with E-state index in [2.05, 4.69) is 41.4 Å². The first-order valence-electron chi connectivity index (χ1n) is 9.50. The average molecular weight is 457 g/mol. The normalized spacial score (nSPS) is 20.4. The summed E-state index contributed by atoms with van der Waals surface area (Å²) in [5.41, 5.74) is 1.25. The number of nitrogens with one attached hydrogen (secondary N) is 1. The minimum atomic E-state index is 0. The molecule has 1 aliphatic carbocycles. The number of likely N-dealkylation sites (tertiary alicyclic amines) is 1. The van der Waals surface area contributed by atoms with Crippen LogP contribution in [0.15, 0.2) is 35.3 Å². The highest BCUT2D eigenvalue weighted by Gasteiger charge is 2.25. The molecule has 3 rings (SSSR count). The predicted octanol–water partition coefficient (Wildman–Crippen LogP) is 3.91. The first-order chi connectivity index (χ1) is 11.8. The summed E-state index contributed by atoms with van der Waals surface area (Å²) in [6, 6.07) is 10.4. The van der Waals surface area contributed by atoms with Crippen molar-refractivity contribution in [3.05, 3.63) is 35.9 Å². The molecule has 2 aliphatic rings. The van der Waals surface area contributed by atoms with Crippen LogP contribution in [0.2, 0.25) is 0 Å². The van der Waals surface area contributed by atoms with Crippen LogP contribution in [0.25, 0.3) is 0 Å². The van der Waals surface area contributed by atoms with Gasteiger partial charge >= 0.3 is 0 Å². The smallest absolute Gasteiger partial charge is 0.193 e. The van der Waals surface area contributed by atoms with E-state index in [0.717, 1.165) is 44.7 Å². The van der Waals surface area contributed by atoms with E-state index in [0.29, 0.717) is 12.5 Å². The van der Waals surface area contributed by atoms with Gasteiger partial charge in [-0.2, -0.15) is 0 Å². The molecule has 1 aromatic rings. The Kier molecular flexibility index (Phi) is 9.03. The zero-order chi connectivity index (χ0) is 16.6. The van der Waals surface area contributed by atoms with Crippen LogP contribution < -0.4 is 5.32 Å². The van der Waals surface area contributed by atoms with E-state index in [-0.39, 0.29) is 24.0 Å². The Morgan fingerprint density at radius 1 is 1.20 bits per heavy atom. The van der Waals surface area contributed by atoms with Gasteiger partial charge in [-0.25, -0.2) is 0 Å². The highest BCUT2D eigenvalue weighted by molar-refractivity contribution is 14.0. The van der Waals surface area contributed by atoms with Crippen molar-refractivity contribution in [1.82, 2.24) is 10.2 Å². The third-order valence-electron chi connectivity index (χ3n) is 4.88. The highest BCUT2D eigenvalue weighted by atomic mass is 127. The van der Waals surface area contributed by atoms with Gasteiger partial charge in [0.25, 0.3) is 0 Å². The van der Waals surface area contributed by atoms with Crippen molar-refractivity contribution in [1.29, 1.82) is 0 Å². The second-order valence-electron chi connectivity index (χ2n) is 7.07. The Bertz CT molecular complexity index is 519. The fourth-order valence-electron chi connectivity index (χ4n) is 3.26. The summed E-state index contributed by atoms with van der Waals surface area (Å²) in [5.74, 6) is 2.67. The van der Waals surface area contributed by atoms with Crippen molar-refractivity contribution in [3.63, 3.8) is 0 Å². The minimum Gasteiger partial charge on any atom is -0.376 e. The molecule has 5 heteroatoms. The predicted molar refractivity (Wildman–Crippen MR) is 115 cm³/mol. The van der Waals surface area contributed by atoms with Crippen molar-refractivity contribution in [2.45, 2.75) is 39.2 Å². The number of hydrogen-bond donors (Lipinski definition) is 1. The van der Waals surface area contributed by atoms with Crippen LogP contribution >= 0.6 is 24.0 Å². The number of rotatable bonds is 8. The van der Waals surface area contributed by atoms with Gasteiger partial charge in [-0.05, 0) is 31.2 Å². The molecular formula is C20H32IN3O. The van der Waals surface area contributed by atoms with Crippen LogP contribution in [-0.4, -0.2) is 43.6 Å². The molecule has 1 heterocycles. The fraction of sp³-hybridized carbons (Fsp3) is 0.650. The van der Waals surface area contributed by atoms with Crippen molar-refractivity contribution in [2.75, 3.05) is 32.8 Å². The monoisotopic (exact) mass is 457 g/mol. The van der Waals surface area contributed by atoms with Crippen LogP contribution in [-0.2, 0) is 11.3 Å². The van der Waals surface area contributed by atoms with Gasteiger partial charge in [0.15, 0.2) is 5.96 Å². The molecule has 1 atom stereocenters. The Morgan fingerprint density at radius 3 is 2.72 bits per heavy atom. The molecule has 0 amide bonds. The summed E-state index contributed by atoms with van der Waals surface area (Å²) < 4.78 is 5.93. The molecule has 0 radical (unpaired) electrons. The van der Waals surface area contributed by atoms with Gasteiger partial charge in [-0.15, -0.1) is 24.0 Å². The van der Waals surface area contributed by atoms with Gasteiger partial charge in [0.2, 0.25) is 0 Å². The Labute approximate surface area is 169 Å². The number of ether oxygens (including phenoxy) is 1. The molecule has 1 unspecified atom stereocenters. The lowest BCUT2D eigenvalue weighted by molar-refractivity contribution is 0.0907. The molecule has 1 aliphatic heterocycles. The molecule has 1 saturated carbocycles. The van der Waals surface area contributed by atoms with E-state index in [4.69, 9.17) is 9.73 Å². The van der Waals surface area contributed by atoms with Crippen LogP contribution in [0.5, 0.6) is 0 Å². The van der Waals surface area contributed by atoms with Gasteiger partial charge in [0.05, 0.1) is 13.2 Å². The summed E-state index contributed by atoms with van der Waals surface area (Å²) in [4.78, 5) is 7.24. The fourth-order valence-corrected chi connectivity index (χ4v) is 3.26. The quantitative estimate of drug-likeness (QED) is 0.366. The van der Waals surface area contributed by atoms with E-state index in [9.17, 15) is 0 Å². The highest BCUT2D eigenvalue weighted by Crippen LogP contribution is 2.32. The number of aliphatic imine (C=N–C) groups is 1. The molecule has 0 spiro atoms. The second kappa shape index (κ2) is 11.0. The molecule has 4 nitrogen and oxygen atoms in total. The van der Waals surface area contributed by atoms with E-state index >= 15 is 0 Å². The maximum absolute atomic E-state index is 5.93. The lowest BCUT2D eigenvalue weighted by atomic mass is 10.1. The largest absolute Gasteiger partial charge is 0.376 e. The van der Waals surface area contributed by atoms with E-state index < -0.39 is 0 Å². The lowest BCUT2D eigenvalue weighted by Gasteiger charge is -2.21. The van der Waals surface area contributed by atoms with Gasteiger partial charge in [0, 0.05) is 32.1 Å². The molecule has 25 heavy (non-hydrogen) atoms. The molecule has 1 N–H and O–H groups in total. The molecule has 0 bridgehead atoms. The minimum absolute atomic E-state index is 0. The first kappa shape index (κ1) is 20.5. The molecular weight excluding hydrogens is 425 g/mol.